The molecule has 4 saturated carbocycles. The number of aromatic nitrogens is 1. The number of benzene rings is 1. The standard InChI is InChI=1S/C34H38FN3O5S2/c1-30-16-20(18-36)24(38-23-5-3-22(35)4-6-23)15-21(30)7-9-32-19-33(30,32)26(40)17-31(2)25(32)8-10-34(31,29(42)45-14-12-39)43-28(41)27-37-11-13-44-27/h3-6,11,13,15,18,25-26,39-40H,7-10,12,14,16-17,19,36H2,1-2H3/t25?,26-,30-,31-,32+,33?,34-/m0/s1. The molecule has 7 atom stereocenters. The lowest BCUT2D eigenvalue weighted by Crippen LogP contribution is -2.62. The molecule has 7 rings (SSSR count). The summed E-state index contributed by atoms with van der Waals surface area (Å²) in [5, 5.41) is 23.5. The van der Waals surface area contributed by atoms with Crippen molar-refractivity contribution in [1.29, 1.82) is 0 Å². The summed E-state index contributed by atoms with van der Waals surface area (Å²) in [7, 11) is 0. The molecule has 2 unspecified atom stereocenters. The Morgan fingerprint density at radius 3 is 2.73 bits per heavy atom. The molecule has 45 heavy (non-hydrogen) atoms. The van der Waals surface area contributed by atoms with Gasteiger partial charge in [-0.15, -0.1) is 11.3 Å². The van der Waals surface area contributed by atoms with Gasteiger partial charge < -0.3 is 20.7 Å². The van der Waals surface area contributed by atoms with Crippen LogP contribution in [-0.4, -0.2) is 56.1 Å². The molecule has 8 nitrogen and oxygen atoms in total. The van der Waals surface area contributed by atoms with E-state index in [9.17, 15) is 24.2 Å². The minimum Gasteiger partial charge on any atom is -0.444 e. The Balaban J connectivity index is 1.27. The van der Waals surface area contributed by atoms with Crippen LogP contribution >= 0.6 is 23.1 Å². The molecule has 1 aromatic carbocycles. The average molecular weight is 652 g/mol. The van der Waals surface area contributed by atoms with Crippen molar-refractivity contribution >= 4 is 45.6 Å². The Labute approximate surface area is 270 Å². The molecule has 0 spiro atoms. The Hall–Kier alpha value is -2.86. The number of halogens is 1. The van der Waals surface area contributed by atoms with Gasteiger partial charge in [0.1, 0.15) is 5.82 Å². The Morgan fingerprint density at radius 2 is 2.04 bits per heavy atom. The van der Waals surface area contributed by atoms with Crippen LogP contribution in [0.3, 0.4) is 0 Å². The van der Waals surface area contributed by atoms with E-state index in [1.165, 1.54) is 35.2 Å². The first-order chi connectivity index (χ1) is 21.5. The summed E-state index contributed by atoms with van der Waals surface area (Å²) in [6, 6.07) is 6.07. The second-order valence-electron chi connectivity index (χ2n) is 13.8. The normalized spacial score (nSPS) is 39.8. The Bertz CT molecular complexity index is 1640. The maximum atomic E-state index is 14.1. The highest BCUT2D eigenvalue weighted by Gasteiger charge is 2.88. The third kappa shape index (κ3) is 4.09. The van der Waals surface area contributed by atoms with Crippen molar-refractivity contribution in [3.8, 4) is 0 Å². The molecule has 0 radical (unpaired) electrons. The summed E-state index contributed by atoms with van der Waals surface area (Å²) in [6.07, 6.45) is 9.02. The minimum absolute atomic E-state index is 0.0501. The van der Waals surface area contributed by atoms with Crippen LogP contribution in [0.4, 0.5) is 10.1 Å². The van der Waals surface area contributed by atoms with Crippen LogP contribution in [0.5, 0.6) is 0 Å². The molecule has 4 N–H and O–H groups in total. The maximum absolute atomic E-state index is 14.1. The third-order valence-corrected chi connectivity index (χ3v) is 13.9. The molecule has 0 aliphatic heterocycles. The highest BCUT2D eigenvalue weighted by Crippen LogP contribution is 2.90. The number of hydrogen-bond acceptors (Lipinski definition) is 10. The van der Waals surface area contributed by atoms with Gasteiger partial charge in [0.2, 0.25) is 10.1 Å². The van der Waals surface area contributed by atoms with Crippen LogP contribution in [0.1, 0.15) is 68.6 Å². The number of allylic oxidation sites excluding steroid dienone is 3. The van der Waals surface area contributed by atoms with Gasteiger partial charge in [0.25, 0.3) is 0 Å². The zero-order valence-electron chi connectivity index (χ0n) is 25.4. The van der Waals surface area contributed by atoms with E-state index in [0.717, 1.165) is 42.3 Å². The first kappa shape index (κ1) is 30.8. The fourth-order valence-corrected chi connectivity index (χ4v) is 11.7. The molecule has 5 aliphatic rings. The number of fused-ring (bicyclic) bond motifs is 2. The highest BCUT2D eigenvalue weighted by atomic mass is 32.2. The van der Waals surface area contributed by atoms with Crippen molar-refractivity contribution in [2.24, 2.45) is 38.3 Å². The van der Waals surface area contributed by atoms with Crippen LogP contribution in [-0.2, 0) is 9.53 Å². The molecule has 4 fully saturated rings. The van der Waals surface area contributed by atoms with Crippen LogP contribution in [0, 0.1) is 33.4 Å². The van der Waals surface area contributed by atoms with Crippen molar-refractivity contribution in [3.63, 3.8) is 0 Å². The van der Waals surface area contributed by atoms with Crippen LogP contribution < -0.4 is 5.73 Å². The summed E-state index contributed by atoms with van der Waals surface area (Å²) in [5.74, 6) is -0.687. The van der Waals surface area contributed by atoms with Gasteiger partial charge in [-0.25, -0.2) is 19.2 Å². The molecule has 0 amide bonds. The molecule has 0 saturated heterocycles. The SMILES string of the molecule is C[C@]12CC(=CN)C(=Nc3ccc(F)cc3)C=C1CC[C@]13CC12[C@@H](O)C[C@@]1(C)C3CC[C@]1(OC(=O)c1nccs1)C(=O)SCCO. The molecule has 1 heterocycles. The number of thiazole rings is 1. The summed E-state index contributed by atoms with van der Waals surface area (Å²) in [4.78, 5) is 36.4. The van der Waals surface area contributed by atoms with E-state index in [1.54, 1.807) is 23.7 Å². The fraction of sp³-hybridized carbons (Fsp3) is 0.529. The summed E-state index contributed by atoms with van der Waals surface area (Å²) >= 11 is 2.17. The predicted molar refractivity (Wildman–Crippen MR) is 172 cm³/mol. The van der Waals surface area contributed by atoms with Crippen molar-refractivity contribution in [2.45, 2.75) is 70.5 Å². The second kappa shape index (κ2) is 10.6. The van der Waals surface area contributed by atoms with E-state index in [-0.39, 0.29) is 45.0 Å². The van der Waals surface area contributed by atoms with Gasteiger partial charge in [-0.3, -0.25) is 4.79 Å². The number of carbonyl (C=O) groups is 2. The minimum atomic E-state index is -1.44. The zero-order chi connectivity index (χ0) is 31.8. The number of carbonyl (C=O) groups excluding carboxylic acids is 2. The maximum Gasteiger partial charge on any atom is 0.368 e. The molecule has 5 aliphatic carbocycles. The zero-order valence-corrected chi connectivity index (χ0v) is 27.1. The van der Waals surface area contributed by atoms with E-state index >= 15 is 0 Å². The first-order valence-electron chi connectivity index (χ1n) is 15.6. The smallest absolute Gasteiger partial charge is 0.368 e. The number of nitrogens with two attached hydrogens (primary N) is 1. The Kier molecular flexibility index (Phi) is 7.24. The van der Waals surface area contributed by atoms with Gasteiger partial charge in [0.05, 0.1) is 24.1 Å². The molecule has 1 aromatic heterocycles. The van der Waals surface area contributed by atoms with Crippen molar-refractivity contribution in [2.75, 3.05) is 12.4 Å². The molecular formula is C34H38FN3O5S2. The van der Waals surface area contributed by atoms with Gasteiger partial charge in [-0.1, -0.05) is 31.2 Å². The van der Waals surface area contributed by atoms with Gasteiger partial charge in [0.15, 0.2) is 5.60 Å². The molecule has 11 heteroatoms. The largest absolute Gasteiger partial charge is 0.444 e. The summed E-state index contributed by atoms with van der Waals surface area (Å²) in [5.41, 5.74) is 6.48. The number of rotatable bonds is 6. The monoisotopic (exact) mass is 651 g/mol. The molecular weight excluding hydrogens is 614 g/mol. The summed E-state index contributed by atoms with van der Waals surface area (Å²) < 4.78 is 19.8. The van der Waals surface area contributed by atoms with Crippen LogP contribution in [0.25, 0.3) is 0 Å². The number of nitrogens with zero attached hydrogens (tertiary/aromatic N) is 2. The fourth-order valence-electron chi connectivity index (χ4n) is 10.3. The second-order valence-corrected chi connectivity index (χ2v) is 15.8. The third-order valence-electron chi connectivity index (χ3n) is 12.2. The highest BCUT2D eigenvalue weighted by molar-refractivity contribution is 8.13. The average Bonchev–Trinajstić information content (AvgIpc) is 3.30. The van der Waals surface area contributed by atoms with E-state index in [2.05, 4.69) is 18.0 Å². The lowest BCUT2D eigenvalue weighted by Gasteiger charge is -2.60. The quantitative estimate of drug-likeness (QED) is 0.337. The van der Waals surface area contributed by atoms with Crippen molar-refractivity contribution < 1.29 is 28.9 Å². The first-order valence-corrected chi connectivity index (χ1v) is 17.4. The molecule has 238 valence electrons. The lowest BCUT2D eigenvalue weighted by atomic mass is 9.45. The van der Waals surface area contributed by atoms with Crippen LogP contribution in [0.2, 0.25) is 0 Å². The van der Waals surface area contributed by atoms with Crippen LogP contribution in [0.15, 0.2) is 64.3 Å². The number of aliphatic hydroxyl groups is 2. The number of esters is 1. The van der Waals surface area contributed by atoms with Crippen molar-refractivity contribution in [3.05, 3.63) is 70.1 Å². The number of aliphatic imine (C=N–C) groups is 1. The summed E-state index contributed by atoms with van der Waals surface area (Å²) in [6.45, 7) is 4.11. The number of aliphatic hydroxyl groups excluding tert-OH is 2. The topological polar surface area (TPSA) is 135 Å². The van der Waals surface area contributed by atoms with Crippen molar-refractivity contribution in [1.82, 2.24) is 4.98 Å². The van der Waals surface area contributed by atoms with Gasteiger partial charge >= 0.3 is 5.97 Å². The lowest BCUT2D eigenvalue weighted by molar-refractivity contribution is -0.174. The number of ether oxygens (including phenoxy) is 1. The van der Waals surface area contributed by atoms with E-state index < -0.39 is 28.5 Å². The Morgan fingerprint density at radius 1 is 1.27 bits per heavy atom. The van der Waals surface area contributed by atoms with Gasteiger partial charge in [-0.2, -0.15) is 0 Å². The van der Waals surface area contributed by atoms with E-state index in [0.29, 0.717) is 31.4 Å². The number of hydrogen-bond donors (Lipinski definition) is 3. The molecule has 0 bridgehead atoms. The van der Waals surface area contributed by atoms with Gasteiger partial charge in [0, 0.05) is 33.6 Å². The molecule has 2 aromatic rings. The van der Waals surface area contributed by atoms with E-state index in [1.807, 2.05) is 6.92 Å². The predicted octanol–water partition coefficient (Wildman–Crippen LogP) is 5.73. The van der Waals surface area contributed by atoms with Gasteiger partial charge in [-0.05, 0) is 98.4 Å². The number of thioether (sulfide) groups is 1. The van der Waals surface area contributed by atoms with E-state index in [4.69, 9.17) is 15.5 Å².